The number of aryl methyl sites for hydroxylation is 1. The van der Waals surface area contributed by atoms with Crippen LogP contribution in [0.5, 0.6) is 0 Å². The van der Waals surface area contributed by atoms with Crippen molar-refractivity contribution in [1.29, 1.82) is 0 Å². The molecule has 2 fully saturated rings. The third kappa shape index (κ3) is 2.41. The monoisotopic (exact) mass is 287 g/mol. The molecule has 3 N–H and O–H groups in total. The van der Waals surface area contributed by atoms with Crippen molar-refractivity contribution in [2.45, 2.75) is 51.0 Å². The minimum atomic E-state index is -0.411. The van der Waals surface area contributed by atoms with E-state index in [0.717, 1.165) is 37.8 Å². The van der Waals surface area contributed by atoms with Crippen molar-refractivity contribution in [3.05, 3.63) is 29.6 Å². The van der Waals surface area contributed by atoms with Gasteiger partial charge in [-0.15, -0.1) is 0 Å². The molecular weight excluding hydrogens is 266 g/mol. The van der Waals surface area contributed by atoms with E-state index in [4.69, 9.17) is 5.73 Å². The normalized spacial score (nSPS) is 30.9. The van der Waals surface area contributed by atoms with Crippen LogP contribution in [0.4, 0.5) is 0 Å². The van der Waals surface area contributed by atoms with Crippen LogP contribution in [0.1, 0.15) is 54.7 Å². The first-order chi connectivity index (χ1) is 9.95. The molecule has 0 saturated heterocycles. The Hall–Kier alpha value is -1.91. The molecule has 5 nitrogen and oxygen atoms in total. The highest BCUT2D eigenvalue weighted by Gasteiger charge is 2.54. The molecule has 1 heterocycles. The minimum absolute atomic E-state index is 0.152. The highest BCUT2D eigenvalue weighted by atomic mass is 16.2. The van der Waals surface area contributed by atoms with Gasteiger partial charge in [-0.05, 0) is 51.2 Å². The van der Waals surface area contributed by atoms with Crippen LogP contribution >= 0.6 is 0 Å². The zero-order chi connectivity index (χ0) is 15.1. The molecule has 0 radical (unpaired) electrons. The van der Waals surface area contributed by atoms with Gasteiger partial charge in [0.1, 0.15) is 5.69 Å². The van der Waals surface area contributed by atoms with Crippen molar-refractivity contribution in [1.82, 2.24) is 10.3 Å². The summed E-state index contributed by atoms with van der Waals surface area (Å²) in [5, 5.41) is 3.14. The van der Waals surface area contributed by atoms with Crippen molar-refractivity contribution < 1.29 is 9.59 Å². The van der Waals surface area contributed by atoms with E-state index >= 15 is 0 Å². The fourth-order valence-electron chi connectivity index (χ4n) is 3.97. The maximum Gasteiger partial charge on any atom is 0.270 e. The van der Waals surface area contributed by atoms with Crippen LogP contribution < -0.4 is 11.1 Å². The molecule has 0 spiro atoms. The molecule has 5 heteroatoms. The molecular formula is C16H21N3O2. The number of amides is 2. The second kappa shape index (κ2) is 4.83. The average molecular weight is 287 g/mol. The first-order valence-electron chi connectivity index (χ1n) is 7.51. The summed E-state index contributed by atoms with van der Waals surface area (Å²) in [6, 6.07) is 5.42. The van der Waals surface area contributed by atoms with Gasteiger partial charge in [-0.3, -0.25) is 9.59 Å². The van der Waals surface area contributed by atoms with Crippen molar-refractivity contribution >= 4 is 11.8 Å². The summed E-state index contributed by atoms with van der Waals surface area (Å²) in [6.07, 6.45) is 4.98. The number of nitrogens with zero attached hydrogens (tertiary/aromatic N) is 1. The van der Waals surface area contributed by atoms with Gasteiger partial charge >= 0.3 is 0 Å². The van der Waals surface area contributed by atoms with E-state index in [2.05, 4.69) is 10.3 Å². The Morgan fingerprint density at radius 1 is 1.24 bits per heavy atom. The zero-order valence-electron chi connectivity index (χ0n) is 12.3. The molecule has 112 valence electrons. The zero-order valence-corrected chi connectivity index (χ0v) is 12.3. The highest BCUT2D eigenvalue weighted by Crippen LogP contribution is 2.53. The molecule has 2 bridgehead atoms. The smallest absolute Gasteiger partial charge is 0.270 e. The number of pyridine rings is 1. The summed E-state index contributed by atoms with van der Waals surface area (Å²) in [6.45, 7) is 1.86. The van der Waals surface area contributed by atoms with Gasteiger partial charge in [0.05, 0.1) is 5.41 Å². The predicted octanol–water partition coefficient (Wildman–Crippen LogP) is 1.70. The lowest BCUT2D eigenvalue weighted by molar-refractivity contribution is -0.128. The van der Waals surface area contributed by atoms with Crippen LogP contribution in [0.25, 0.3) is 0 Å². The van der Waals surface area contributed by atoms with Gasteiger partial charge in [0.2, 0.25) is 5.91 Å². The highest BCUT2D eigenvalue weighted by molar-refractivity contribution is 5.93. The maximum atomic E-state index is 12.4. The first kappa shape index (κ1) is 14.0. The van der Waals surface area contributed by atoms with Crippen LogP contribution in [0.3, 0.4) is 0 Å². The number of nitrogens with two attached hydrogens (primary N) is 1. The Morgan fingerprint density at radius 2 is 2.05 bits per heavy atom. The number of aromatic nitrogens is 1. The number of primary amides is 1. The van der Waals surface area contributed by atoms with Crippen LogP contribution in [0, 0.1) is 12.3 Å². The SMILES string of the molecule is Cc1cccc(C(=O)N[C@@]23CCC[C@@](C(N)=O)(CC2)C3)n1. The van der Waals surface area contributed by atoms with Crippen LogP contribution in [-0.4, -0.2) is 22.3 Å². The van der Waals surface area contributed by atoms with Crippen molar-refractivity contribution in [3.63, 3.8) is 0 Å². The van der Waals surface area contributed by atoms with E-state index in [0.29, 0.717) is 12.1 Å². The minimum Gasteiger partial charge on any atom is -0.369 e. The molecule has 0 unspecified atom stereocenters. The molecule has 2 aliphatic carbocycles. The Balaban J connectivity index is 1.79. The van der Waals surface area contributed by atoms with E-state index in [1.54, 1.807) is 6.07 Å². The summed E-state index contributed by atoms with van der Waals surface area (Å²) in [4.78, 5) is 28.5. The summed E-state index contributed by atoms with van der Waals surface area (Å²) >= 11 is 0. The van der Waals surface area contributed by atoms with E-state index in [1.807, 2.05) is 19.1 Å². The lowest BCUT2D eigenvalue weighted by Crippen LogP contribution is -2.51. The van der Waals surface area contributed by atoms with E-state index < -0.39 is 5.41 Å². The van der Waals surface area contributed by atoms with Crippen LogP contribution in [-0.2, 0) is 4.79 Å². The Kier molecular flexibility index (Phi) is 3.23. The van der Waals surface area contributed by atoms with Gasteiger partial charge in [-0.2, -0.15) is 0 Å². The summed E-state index contributed by atoms with van der Waals surface area (Å²) in [5.74, 6) is -0.368. The number of carbonyl (C=O) groups is 2. The largest absolute Gasteiger partial charge is 0.369 e. The third-order valence-corrected chi connectivity index (χ3v) is 5.09. The van der Waals surface area contributed by atoms with Gasteiger partial charge in [-0.1, -0.05) is 12.5 Å². The maximum absolute atomic E-state index is 12.4. The van der Waals surface area contributed by atoms with Crippen molar-refractivity contribution in [3.8, 4) is 0 Å². The van der Waals surface area contributed by atoms with Crippen LogP contribution in [0.2, 0.25) is 0 Å². The van der Waals surface area contributed by atoms with Gasteiger partial charge in [-0.25, -0.2) is 4.98 Å². The average Bonchev–Trinajstić information content (AvgIpc) is 2.71. The van der Waals surface area contributed by atoms with Crippen molar-refractivity contribution in [2.24, 2.45) is 11.1 Å². The molecule has 2 atom stereocenters. The van der Waals surface area contributed by atoms with Crippen molar-refractivity contribution in [2.75, 3.05) is 0 Å². The van der Waals surface area contributed by atoms with Crippen LogP contribution in [0.15, 0.2) is 18.2 Å². The van der Waals surface area contributed by atoms with E-state index in [9.17, 15) is 9.59 Å². The molecule has 3 rings (SSSR count). The first-order valence-corrected chi connectivity index (χ1v) is 7.51. The number of hydrogen-bond acceptors (Lipinski definition) is 3. The van der Waals surface area contributed by atoms with Gasteiger partial charge in [0, 0.05) is 11.2 Å². The Labute approximate surface area is 124 Å². The molecule has 0 aromatic carbocycles. The van der Waals surface area contributed by atoms with Gasteiger partial charge in [0.15, 0.2) is 0 Å². The summed E-state index contributed by atoms with van der Waals surface area (Å²) < 4.78 is 0. The lowest BCUT2D eigenvalue weighted by Gasteiger charge is -2.38. The summed E-state index contributed by atoms with van der Waals surface area (Å²) in [5.41, 5.74) is 6.16. The van der Waals surface area contributed by atoms with E-state index in [1.165, 1.54) is 0 Å². The number of nitrogens with one attached hydrogen (secondary N) is 1. The molecule has 2 amide bonds. The quantitative estimate of drug-likeness (QED) is 0.887. The number of fused-ring (bicyclic) bond motifs is 2. The molecule has 1 aromatic rings. The van der Waals surface area contributed by atoms with Gasteiger partial charge in [0.25, 0.3) is 5.91 Å². The molecule has 1 aromatic heterocycles. The predicted molar refractivity (Wildman–Crippen MR) is 78.5 cm³/mol. The third-order valence-electron chi connectivity index (χ3n) is 5.09. The standard InChI is InChI=1S/C16H21N3O2/c1-11-4-2-5-12(18-11)13(20)19-16-7-3-6-15(10-16,8-9-16)14(17)21/h2,4-5H,3,6-10H2,1H3,(H2,17,21)(H,19,20)/t15-,16+/m1/s1. The molecule has 2 saturated carbocycles. The summed E-state index contributed by atoms with van der Waals surface area (Å²) in [7, 11) is 0. The fourth-order valence-corrected chi connectivity index (χ4v) is 3.97. The molecule has 0 aliphatic heterocycles. The molecule has 21 heavy (non-hydrogen) atoms. The topological polar surface area (TPSA) is 85.1 Å². The second-order valence-electron chi connectivity index (χ2n) is 6.57. The Bertz CT molecular complexity index is 601. The number of hydrogen-bond donors (Lipinski definition) is 2. The van der Waals surface area contributed by atoms with E-state index in [-0.39, 0.29) is 17.4 Å². The fraction of sp³-hybridized carbons (Fsp3) is 0.562. The molecule has 2 aliphatic rings. The van der Waals surface area contributed by atoms with Gasteiger partial charge < -0.3 is 11.1 Å². The second-order valence-corrected chi connectivity index (χ2v) is 6.57. The lowest BCUT2D eigenvalue weighted by atomic mass is 9.72. The number of carbonyl (C=O) groups excluding carboxylic acids is 2. The Morgan fingerprint density at radius 3 is 2.76 bits per heavy atom. The number of rotatable bonds is 3.